The Morgan fingerprint density at radius 2 is 2.26 bits per heavy atom. The molecule has 0 saturated heterocycles. The predicted molar refractivity (Wildman–Crippen MR) is 75.0 cm³/mol. The fourth-order valence-corrected chi connectivity index (χ4v) is 1.98. The average Bonchev–Trinajstić information content (AvgIpc) is 2.67. The molecule has 1 aromatic carbocycles. The van der Waals surface area contributed by atoms with Crippen LogP contribution in [0.2, 0.25) is 5.02 Å². The van der Waals surface area contributed by atoms with Crippen LogP contribution in [0.1, 0.15) is 21.6 Å². The third-order valence-electron chi connectivity index (χ3n) is 3.01. The van der Waals surface area contributed by atoms with Crippen molar-refractivity contribution in [2.45, 2.75) is 13.5 Å². The maximum Gasteiger partial charge on any atom is 0.253 e. The average molecular weight is 279 g/mol. The van der Waals surface area contributed by atoms with Crippen LogP contribution in [-0.4, -0.2) is 15.7 Å². The fourth-order valence-electron chi connectivity index (χ4n) is 1.70. The molecule has 100 valence electrons. The van der Waals surface area contributed by atoms with Crippen LogP contribution >= 0.6 is 11.6 Å². The Kier molecular flexibility index (Phi) is 3.76. The van der Waals surface area contributed by atoms with Gasteiger partial charge in [-0.1, -0.05) is 11.6 Å². The van der Waals surface area contributed by atoms with Crippen molar-refractivity contribution in [1.82, 2.24) is 15.1 Å². The highest BCUT2D eigenvalue weighted by Gasteiger charge is 2.11. The summed E-state index contributed by atoms with van der Waals surface area (Å²) in [5.41, 5.74) is 8.53. The Morgan fingerprint density at radius 1 is 1.53 bits per heavy atom. The largest absolute Gasteiger partial charge is 0.399 e. The zero-order chi connectivity index (χ0) is 14.0. The number of nitrogens with one attached hydrogen (secondary N) is 1. The minimum absolute atomic E-state index is 0.228. The Labute approximate surface area is 116 Å². The number of nitrogen functional groups attached to an aromatic ring is 1. The number of halogens is 1. The van der Waals surface area contributed by atoms with Gasteiger partial charge in [-0.25, -0.2) is 0 Å². The van der Waals surface area contributed by atoms with Gasteiger partial charge in [-0.05, 0) is 25.1 Å². The molecule has 6 heteroatoms. The van der Waals surface area contributed by atoms with E-state index in [1.54, 1.807) is 29.1 Å². The van der Waals surface area contributed by atoms with Crippen molar-refractivity contribution in [3.63, 3.8) is 0 Å². The zero-order valence-electron chi connectivity index (χ0n) is 10.8. The molecule has 0 atom stereocenters. The molecule has 0 saturated carbocycles. The number of rotatable bonds is 3. The molecular formula is C13H15ClN4O. The molecule has 0 radical (unpaired) electrons. The van der Waals surface area contributed by atoms with Crippen molar-refractivity contribution < 1.29 is 4.79 Å². The zero-order valence-corrected chi connectivity index (χ0v) is 11.5. The number of aromatic nitrogens is 2. The van der Waals surface area contributed by atoms with Gasteiger partial charge in [0.05, 0.1) is 16.8 Å². The first-order valence-electron chi connectivity index (χ1n) is 5.79. The van der Waals surface area contributed by atoms with Gasteiger partial charge in [0.25, 0.3) is 5.91 Å². The Balaban J connectivity index is 2.07. The normalized spacial score (nSPS) is 10.5. The van der Waals surface area contributed by atoms with Crippen molar-refractivity contribution in [3.05, 3.63) is 46.2 Å². The van der Waals surface area contributed by atoms with E-state index in [4.69, 9.17) is 17.3 Å². The van der Waals surface area contributed by atoms with Crippen molar-refractivity contribution >= 4 is 23.2 Å². The number of nitrogens with zero attached hydrogens (tertiary/aromatic N) is 2. The molecule has 0 bridgehead atoms. The molecule has 2 aromatic rings. The number of carbonyl (C=O) groups is 1. The summed E-state index contributed by atoms with van der Waals surface area (Å²) in [6.45, 7) is 2.36. The Bertz CT molecular complexity index is 621. The van der Waals surface area contributed by atoms with Crippen LogP contribution < -0.4 is 11.1 Å². The third-order valence-corrected chi connectivity index (χ3v) is 3.33. The van der Waals surface area contributed by atoms with Gasteiger partial charge < -0.3 is 11.1 Å². The van der Waals surface area contributed by atoms with Crippen molar-refractivity contribution in [2.75, 3.05) is 5.73 Å². The van der Waals surface area contributed by atoms with Crippen molar-refractivity contribution in [2.24, 2.45) is 7.05 Å². The van der Waals surface area contributed by atoms with Crippen LogP contribution in [-0.2, 0) is 13.6 Å². The van der Waals surface area contributed by atoms with Crippen LogP contribution in [0.4, 0.5) is 5.69 Å². The molecule has 0 aliphatic carbocycles. The van der Waals surface area contributed by atoms with Crippen LogP contribution in [0.5, 0.6) is 0 Å². The summed E-state index contributed by atoms with van der Waals surface area (Å²) in [6.07, 6.45) is 1.74. The van der Waals surface area contributed by atoms with E-state index < -0.39 is 0 Å². The second-order valence-corrected chi connectivity index (χ2v) is 4.71. The second-order valence-electron chi connectivity index (χ2n) is 4.30. The van der Waals surface area contributed by atoms with Gasteiger partial charge in [0.15, 0.2) is 0 Å². The van der Waals surface area contributed by atoms with Gasteiger partial charge in [0, 0.05) is 30.5 Å². The lowest BCUT2D eigenvalue weighted by Crippen LogP contribution is -2.23. The molecule has 1 aromatic heterocycles. The highest BCUT2D eigenvalue weighted by molar-refractivity contribution is 6.34. The topological polar surface area (TPSA) is 72.9 Å². The minimum Gasteiger partial charge on any atom is -0.399 e. The van der Waals surface area contributed by atoms with Gasteiger partial charge in [0.2, 0.25) is 0 Å². The SMILES string of the molecule is Cc1c(CNC(=O)c2ccc(N)cc2Cl)cnn1C. The van der Waals surface area contributed by atoms with Crippen LogP contribution in [0.3, 0.4) is 0 Å². The van der Waals surface area contributed by atoms with E-state index >= 15 is 0 Å². The van der Waals surface area contributed by atoms with Crippen LogP contribution in [0.25, 0.3) is 0 Å². The Morgan fingerprint density at radius 3 is 2.84 bits per heavy atom. The molecule has 19 heavy (non-hydrogen) atoms. The first-order chi connectivity index (χ1) is 8.99. The molecule has 1 amide bonds. The molecule has 2 rings (SSSR count). The number of nitrogens with two attached hydrogens (primary N) is 1. The maximum absolute atomic E-state index is 12.0. The van der Waals surface area contributed by atoms with Gasteiger partial charge in [-0.15, -0.1) is 0 Å². The second kappa shape index (κ2) is 5.32. The number of hydrogen-bond acceptors (Lipinski definition) is 3. The first-order valence-corrected chi connectivity index (χ1v) is 6.17. The number of amides is 1. The van der Waals surface area contributed by atoms with E-state index in [1.165, 1.54) is 0 Å². The molecule has 0 aliphatic heterocycles. The predicted octanol–water partition coefficient (Wildman–Crippen LogP) is 1.89. The summed E-state index contributed by atoms with van der Waals surface area (Å²) < 4.78 is 1.76. The fraction of sp³-hybridized carbons (Fsp3) is 0.231. The summed E-state index contributed by atoms with van der Waals surface area (Å²) in [6, 6.07) is 4.82. The molecule has 0 fully saturated rings. The van der Waals surface area contributed by atoms with E-state index in [2.05, 4.69) is 10.4 Å². The van der Waals surface area contributed by atoms with Crippen molar-refractivity contribution in [3.8, 4) is 0 Å². The highest BCUT2D eigenvalue weighted by atomic mass is 35.5. The third kappa shape index (κ3) is 2.88. The van der Waals surface area contributed by atoms with E-state index in [9.17, 15) is 4.79 Å². The van der Waals surface area contributed by atoms with E-state index in [-0.39, 0.29) is 5.91 Å². The minimum atomic E-state index is -0.228. The van der Waals surface area contributed by atoms with Crippen LogP contribution in [0, 0.1) is 6.92 Å². The lowest BCUT2D eigenvalue weighted by Gasteiger charge is -2.07. The summed E-state index contributed by atoms with van der Waals surface area (Å²) in [5, 5.41) is 7.28. The summed E-state index contributed by atoms with van der Waals surface area (Å²) in [7, 11) is 1.86. The molecule has 1 heterocycles. The van der Waals surface area contributed by atoms with Crippen LogP contribution in [0.15, 0.2) is 24.4 Å². The highest BCUT2D eigenvalue weighted by Crippen LogP contribution is 2.19. The standard InChI is InChI=1S/C13H15ClN4O/c1-8-9(7-17-18(8)2)6-16-13(19)11-4-3-10(15)5-12(11)14/h3-5,7H,6,15H2,1-2H3,(H,16,19). The molecule has 0 aliphatic rings. The quantitative estimate of drug-likeness (QED) is 0.842. The van der Waals surface area contributed by atoms with Crippen molar-refractivity contribution in [1.29, 1.82) is 0 Å². The van der Waals surface area contributed by atoms with E-state index in [1.807, 2.05) is 14.0 Å². The van der Waals surface area contributed by atoms with Gasteiger partial charge in [-0.3, -0.25) is 9.48 Å². The molecule has 0 spiro atoms. The number of aryl methyl sites for hydroxylation is 1. The van der Waals surface area contributed by atoms with Gasteiger partial charge >= 0.3 is 0 Å². The van der Waals surface area contributed by atoms with E-state index in [0.29, 0.717) is 22.8 Å². The first kappa shape index (κ1) is 13.4. The number of carbonyl (C=O) groups excluding carboxylic acids is 1. The Hall–Kier alpha value is -2.01. The summed E-state index contributed by atoms with van der Waals surface area (Å²) >= 11 is 5.98. The summed E-state index contributed by atoms with van der Waals surface area (Å²) in [4.78, 5) is 12.0. The van der Waals surface area contributed by atoms with Gasteiger partial charge in [-0.2, -0.15) is 5.10 Å². The van der Waals surface area contributed by atoms with Gasteiger partial charge in [0.1, 0.15) is 0 Å². The molecular weight excluding hydrogens is 264 g/mol. The molecule has 5 nitrogen and oxygen atoms in total. The monoisotopic (exact) mass is 278 g/mol. The lowest BCUT2D eigenvalue weighted by atomic mass is 10.2. The molecule has 0 unspecified atom stereocenters. The summed E-state index contributed by atoms with van der Waals surface area (Å²) in [5.74, 6) is -0.228. The number of hydrogen-bond donors (Lipinski definition) is 2. The number of anilines is 1. The number of benzene rings is 1. The molecule has 3 N–H and O–H groups in total. The maximum atomic E-state index is 12.0. The smallest absolute Gasteiger partial charge is 0.253 e. The van der Waals surface area contributed by atoms with E-state index in [0.717, 1.165) is 11.3 Å². The lowest BCUT2D eigenvalue weighted by molar-refractivity contribution is 0.0951.